The Labute approximate surface area is 193 Å². The molecular formula is C25H24N4O2S. The van der Waals surface area contributed by atoms with Crippen LogP contribution in [0, 0.1) is 0 Å². The molecule has 4 aromatic rings. The SMILES string of the molecule is [2H]C([2H])(CC(=O)[C@H]1CCCN1c1nc2c(=O)n(C)c(-c3ccccc3)nc2s1)c1ccccc1. The molecule has 0 bridgehead atoms. The number of hydrogen-bond acceptors (Lipinski definition) is 6. The minimum atomic E-state index is -1.75. The van der Waals surface area contributed by atoms with Crippen molar-refractivity contribution in [1.29, 1.82) is 0 Å². The van der Waals surface area contributed by atoms with Gasteiger partial charge in [0, 0.05) is 28.3 Å². The number of hydrogen-bond donors (Lipinski definition) is 0. The van der Waals surface area contributed by atoms with Gasteiger partial charge in [-0.3, -0.25) is 14.2 Å². The van der Waals surface area contributed by atoms with Crippen molar-refractivity contribution in [2.45, 2.75) is 31.7 Å². The zero-order valence-electron chi connectivity index (χ0n) is 19.7. The van der Waals surface area contributed by atoms with Gasteiger partial charge in [-0.1, -0.05) is 72.0 Å². The lowest BCUT2D eigenvalue weighted by Gasteiger charge is -2.22. The van der Waals surface area contributed by atoms with Crippen LogP contribution in [0.2, 0.25) is 0 Å². The number of nitrogens with zero attached hydrogens (tertiary/aromatic N) is 4. The quantitative estimate of drug-likeness (QED) is 0.443. The van der Waals surface area contributed by atoms with E-state index in [0.29, 0.717) is 39.8 Å². The molecule has 0 amide bonds. The van der Waals surface area contributed by atoms with Crippen LogP contribution in [0.1, 0.15) is 27.6 Å². The molecule has 1 aliphatic rings. The molecule has 7 heteroatoms. The van der Waals surface area contributed by atoms with E-state index in [1.807, 2.05) is 41.3 Å². The topological polar surface area (TPSA) is 68.1 Å². The number of aryl methyl sites for hydroxylation is 1. The van der Waals surface area contributed by atoms with E-state index in [4.69, 9.17) is 7.73 Å². The Morgan fingerprint density at radius 1 is 1.12 bits per heavy atom. The van der Waals surface area contributed by atoms with Gasteiger partial charge in [-0.05, 0) is 24.8 Å². The maximum atomic E-state index is 13.2. The second-order valence-corrected chi connectivity index (χ2v) is 8.81. The summed E-state index contributed by atoms with van der Waals surface area (Å²) < 4.78 is 18.4. The Morgan fingerprint density at radius 2 is 1.84 bits per heavy atom. The molecule has 5 rings (SSSR count). The first-order valence-electron chi connectivity index (χ1n) is 11.6. The number of aromatic nitrogens is 3. The molecule has 0 spiro atoms. The Hall–Kier alpha value is -3.32. The summed E-state index contributed by atoms with van der Waals surface area (Å²) in [5.41, 5.74) is 1.40. The number of carbonyl (C=O) groups excluding carboxylic acids is 1. The van der Waals surface area contributed by atoms with E-state index < -0.39 is 12.4 Å². The van der Waals surface area contributed by atoms with Gasteiger partial charge in [-0.25, -0.2) is 9.97 Å². The lowest BCUT2D eigenvalue weighted by atomic mass is 10.0. The second kappa shape index (κ2) is 8.67. The van der Waals surface area contributed by atoms with Gasteiger partial charge in [-0.2, -0.15) is 0 Å². The molecule has 6 nitrogen and oxygen atoms in total. The van der Waals surface area contributed by atoms with Crippen molar-refractivity contribution in [2.75, 3.05) is 11.4 Å². The summed E-state index contributed by atoms with van der Waals surface area (Å²) in [6.45, 7) is 0.635. The lowest BCUT2D eigenvalue weighted by molar-refractivity contribution is -0.120. The number of rotatable bonds is 6. The van der Waals surface area contributed by atoms with Crippen LogP contribution in [-0.4, -0.2) is 32.9 Å². The molecule has 1 atom stereocenters. The van der Waals surface area contributed by atoms with E-state index in [-0.39, 0.29) is 17.8 Å². The molecule has 3 heterocycles. The molecule has 1 saturated heterocycles. The van der Waals surface area contributed by atoms with Crippen molar-refractivity contribution >= 4 is 32.6 Å². The largest absolute Gasteiger partial charge is 0.338 e. The standard InChI is InChI=1S/C25H24N4O2S/c1-28-22(18-11-6-3-7-12-18)27-23-21(24(28)31)26-25(32-23)29-16-8-13-19(29)20(30)15-14-17-9-4-2-5-10-17/h2-7,9-12,19H,8,13-16H2,1H3/t19-/m1/s1/i14D2. The molecule has 32 heavy (non-hydrogen) atoms. The third kappa shape index (κ3) is 3.84. The van der Waals surface area contributed by atoms with Gasteiger partial charge in [-0.15, -0.1) is 0 Å². The summed E-state index contributed by atoms with van der Waals surface area (Å²) in [4.78, 5) is 38.0. The van der Waals surface area contributed by atoms with Gasteiger partial charge in [0.15, 0.2) is 21.3 Å². The fourth-order valence-corrected chi connectivity index (χ4v) is 5.11. The number of benzene rings is 2. The van der Waals surface area contributed by atoms with Crippen LogP contribution in [0.5, 0.6) is 0 Å². The number of carbonyl (C=O) groups is 1. The van der Waals surface area contributed by atoms with Gasteiger partial charge >= 0.3 is 0 Å². The van der Waals surface area contributed by atoms with Gasteiger partial charge < -0.3 is 4.90 Å². The van der Waals surface area contributed by atoms with Crippen LogP contribution in [0.3, 0.4) is 0 Å². The predicted molar refractivity (Wildman–Crippen MR) is 128 cm³/mol. The fourth-order valence-electron chi connectivity index (χ4n) is 4.10. The summed E-state index contributed by atoms with van der Waals surface area (Å²) >= 11 is 1.31. The van der Waals surface area contributed by atoms with Crippen molar-refractivity contribution in [3.8, 4) is 11.4 Å². The number of anilines is 1. The molecule has 0 saturated carbocycles. The molecule has 162 valence electrons. The van der Waals surface area contributed by atoms with E-state index in [9.17, 15) is 9.59 Å². The second-order valence-electron chi connectivity index (χ2n) is 7.85. The highest BCUT2D eigenvalue weighted by Crippen LogP contribution is 2.33. The molecule has 1 aliphatic heterocycles. The molecule has 0 radical (unpaired) electrons. The highest BCUT2D eigenvalue weighted by atomic mass is 32.1. The first-order chi connectivity index (χ1) is 16.3. The van der Waals surface area contributed by atoms with Crippen molar-refractivity contribution in [3.05, 3.63) is 76.6 Å². The summed E-state index contributed by atoms with van der Waals surface area (Å²) in [5, 5.41) is 0.584. The Kier molecular flexibility index (Phi) is 4.95. The normalized spacial score (nSPS) is 17.4. The van der Waals surface area contributed by atoms with Crippen molar-refractivity contribution in [2.24, 2.45) is 7.05 Å². The highest BCUT2D eigenvalue weighted by Gasteiger charge is 2.32. The first kappa shape index (κ1) is 18.3. The minimum absolute atomic E-state index is 0.156. The predicted octanol–water partition coefficient (Wildman–Crippen LogP) is 4.23. The van der Waals surface area contributed by atoms with E-state index in [0.717, 1.165) is 12.0 Å². The maximum absolute atomic E-state index is 13.2. The maximum Gasteiger partial charge on any atom is 0.281 e. The van der Waals surface area contributed by atoms with E-state index in [1.165, 1.54) is 15.9 Å². The van der Waals surface area contributed by atoms with Crippen LogP contribution < -0.4 is 10.5 Å². The Morgan fingerprint density at radius 3 is 2.59 bits per heavy atom. The number of ketones is 1. The molecule has 1 fully saturated rings. The summed E-state index contributed by atoms with van der Waals surface area (Å²) in [6, 6.07) is 17.9. The van der Waals surface area contributed by atoms with Crippen LogP contribution in [0.4, 0.5) is 5.13 Å². The zero-order chi connectivity index (χ0) is 23.9. The number of Topliss-reactive ketones (excluding diaryl/α,β-unsaturated/α-hetero) is 1. The van der Waals surface area contributed by atoms with Crippen molar-refractivity contribution in [1.82, 2.24) is 14.5 Å². The number of fused-ring (bicyclic) bond motifs is 1. The first-order valence-corrected chi connectivity index (χ1v) is 11.4. The van der Waals surface area contributed by atoms with E-state index in [2.05, 4.69) is 4.98 Å². The summed E-state index contributed by atoms with van der Waals surface area (Å²) in [5.74, 6) is 0.412. The van der Waals surface area contributed by atoms with Crippen LogP contribution >= 0.6 is 11.3 Å². The van der Waals surface area contributed by atoms with Crippen LogP contribution in [0.25, 0.3) is 21.7 Å². The third-order valence-electron chi connectivity index (χ3n) is 5.77. The Bertz CT molecular complexity index is 1400. The number of thiazole rings is 1. The molecule has 0 aliphatic carbocycles. The fraction of sp³-hybridized carbons (Fsp3) is 0.280. The lowest BCUT2D eigenvalue weighted by Crippen LogP contribution is -2.36. The van der Waals surface area contributed by atoms with Gasteiger partial charge in [0.1, 0.15) is 5.82 Å². The summed E-state index contributed by atoms with van der Waals surface area (Å²) in [6.07, 6.45) is -0.509. The molecular weight excluding hydrogens is 420 g/mol. The smallest absolute Gasteiger partial charge is 0.281 e. The van der Waals surface area contributed by atoms with E-state index >= 15 is 0 Å². The Balaban J connectivity index is 1.45. The summed E-state index contributed by atoms with van der Waals surface area (Å²) in [7, 11) is 1.68. The van der Waals surface area contributed by atoms with Crippen molar-refractivity contribution < 1.29 is 7.54 Å². The van der Waals surface area contributed by atoms with Crippen LogP contribution in [-0.2, 0) is 18.2 Å². The molecule has 0 N–H and O–H groups in total. The molecule has 2 aromatic heterocycles. The van der Waals surface area contributed by atoms with Crippen LogP contribution in [0.15, 0.2) is 65.5 Å². The van der Waals surface area contributed by atoms with Gasteiger partial charge in [0.2, 0.25) is 0 Å². The van der Waals surface area contributed by atoms with Gasteiger partial charge in [0.25, 0.3) is 5.56 Å². The minimum Gasteiger partial charge on any atom is -0.338 e. The van der Waals surface area contributed by atoms with Gasteiger partial charge in [0.05, 0.1) is 6.04 Å². The van der Waals surface area contributed by atoms with E-state index in [1.54, 1.807) is 31.3 Å². The average Bonchev–Trinajstić information content (AvgIpc) is 3.50. The van der Waals surface area contributed by atoms with Crippen molar-refractivity contribution in [3.63, 3.8) is 0 Å². The average molecular weight is 447 g/mol. The molecule has 0 unspecified atom stereocenters. The monoisotopic (exact) mass is 446 g/mol. The zero-order valence-corrected chi connectivity index (χ0v) is 18.5. The third-order valence-corrected chi connectivity index (χ3v) is 6.76. The molecule has 2 aromatic carbocycles. The highest BCUT2D eigenvalue weighted by molar-refractivity contribution is 7.21.